The van der Waals surface area contributed by atoms with Gasteiger partial charge in [-0.25, -0.2) is 4.79 Å². The first kappa shape index (κ1) is 21.3. The molecule has 0 unspecified atom stereocenters. The average Bonchev–Trinajstić information content (AvgIpc) is 2.47. The molecule has 1 aromatic rings. The van der Waals surface area contributed by atoms with E-state index in [2.05, 4.69) is 10.6 Å². The van der Waals surface area contributed by atoms with Gasteiger partial charge in [-0.2, -0.15) is 0 Å². The second-order valence-electron chi connectivity index (χ2n) is 6.22. The van der Waals surface area contributed by atoms with E-state index in [9.17, 15) is 19.5 Å². The van der Waals surface area contributed by atoms with Crippen molar-refractivity contribution in [1.29, 1.82) is 0 Å². The molecule has 2 atom stereocenters. The molecule has 3 N–H and O–H groups in total. The largest absolute Gasteiger partial charge is 0.480 e. The highest BCUT2D eigenvalue weighted by molar-refractivity contribution is 6.35. The fraction of sp³-hybridized carbons (Fsp3) is 0.471. The van der Waals surface area contributed by atoms with Crippen LogP contribution in [0.3, 0.4) is 0 Å². The van der Waals surface area contributed by atoms with Crippen LogP contribution in [-0.4, -0.2) is 35.0 Å². The zero-order valence-electron chi connectivity index (χ0n) is 14.3. The second kappa shape index (κ2) is 9.63. The van der Waals surface area contributed by atoms with E-state index in [1.54, 1.807) is 12.1 Å². The summed E-state index contributed by atoms with van der Waals surface area (Å²) in [5, 5.41) is 15.2. The fourth-order valence-corrected chi connectivity index (χ4v) is 2.81. The summed E-state index contributed by atoms with van der Waals surface area (Å²) in [4.78, 5) is 35.2. The van der Waals surface area contributed by atoms with E-state index in [1.807, 2.05) is 13.8 Å². The van der Waals surface area contributed by atoms with E-state index in [4.69, 9.17) is 23.2 Å². The molecule has 0 fully saturated rings. The van der Waals surface area contributed by atoms with Gasteiger partial charge in [-0.3, -0.25) is 9.59 Å². The molecule has 0 radical (unpaired) electrons. The highest BCUT2D eigenvalue weighted by Gasteiger charge is 2.27. The number of halogens is 2. The smallest absolute Gasteiger partial charge is 0.326 e. The lowest BCUT2D eigenvalue weighted by molar-refractivity contribution is -0.142. The Hall–Kier alpha value is -1.79. The predicted molar refractivity (Wildman–Crippen MR) is 96.8 cm³/mol. The van der Waals surface area contributed by atoms with Gasteiger partial charge in [0.05, 0.1) is 0 Å². The molecule has 0 aromatic heterocycles. The van der Waals surface area contributed by atoms with Crippen LogP contribution in [0.25, 0.3) is 0 Å². The number of carbonyl (C=O) groups excluding carboxylic acids is 2. The molecule has 25 heavy (non-hydrogen) atoms. The van der Waals surface area contributed by atoms with Crippen LogP contribution in [0.4, 0.5) is 0 Å². The topological polar surface area (TPSA) is 95.5 Å². The van der Waals surface area contributed by atoms with E-state index >= 15 is 0 Å². The molecule has 2 amide bonds. The molecule has 0 spiro atoms. The highest BCUT2D eigenvalue weighted by Crippen LogP contribution is 2.22. The van der Waals surface area contributed by atoms with Gasteiger partial charge in [-0.15, -0.1) is 0 Å². The highest BCUT2D eigenvalue weighted by atomic mass is 35.5. The summed E-state index contributed by atoms with van der Waals surface area (Å²) in [6.07, 6.45) is 0.408. The zero-order valence-corrected chi connectivity index (χ0v) is 15.8. The van der Waals surface area contributed by atoms with Crippen molar-refractivity contribution in [2.24, 2.45) is 5.92 Å². The van der Waals surface area contributed by atoms with Crippen molar-refractivity contribution in [2.45, 2.75) is 45.7 Å². The third-order valence-corrected chi connectivity index (χ3v) is 4.04. The molecule has 1 aromatic carbocycles. The Bertz CT molecular complexity index is 650. The van der Waals surface area contributed by atoms with Gasteiger partial charge in [-0.05, 0) is 30.0 Å². The summed E-state index contributed by atoms with van der Waals surface area (Å²) in [7, 11) is 0. The molecule has 0 aliphatic carbocycles. The fourth-order valence-electron chi connectivity index (χ4n) is 2.33. The average molecular weight is 389 g/mol. The predicted octanol–water partition coefficient (Wildman–Crippen LogP) is 2.66. The van der Waals surface area contributed by atoms with Crippen molar-refractivity contribution in [1.82, 2.24) is 10.6 Å². The van der Waals surface area contributed by atoms with Gasteiger partial charge in [0.15, 0.2) is 0 Å². The Balaban J connectivity index is 2.89. The maximum atomic E-state index is 12.4. The Morgan fingerprint density at radius 3 is 2.24 bits per heavy atom. The number of amides is 2. The number of benzene rings is 1. The Morgan fingerprint density at radius 1 is 1.12 bits per heavy atom. The number of hydrogen-bond acceptors (Lipinski definition) is 3. The second-order valence-corrected chi connectivity index (χ2v) is 7.07. The van der Waals surface area contributed by atoms with Crippen molar-refractivity contribution in [3.63, 3.8) is 0 Å². The molecule has 138 valence electrons. The third-order valence-electron chi connectivity index (χ3n) is 3.45. The summed E-state index contributed by atoms with van der Waals surface area (Å²) in [6, 6.07) is 2.77. The third kappa shape index (κ3) is 7.32. The van der Waals surface area contributed by atoms with Crippen LogP contribution in [0.1, 0.15) is 32.8 Å². The molecule has 0 saturated heterocycles. The van der Waals surface area contributed by atoms with Crippen LogP contribution >= 0.6 is 23.2 Å². The van der Waals surface area contributed by atoms with Crippen molar-refractivity contribution < 1.29 is 19.5 Å². The summed E-state index contributed by atoms with van der Waals surface area (Å²) < 4.78 is 0. The van der Waals surface area contributed by atoms with E-state index in [-0.39, 0.29) is 18.2 Å². The minimum Gasteiger partial charge on any atom is -0.480 e. The lowest BCUT2D eigenvalue weighted by Crippen LogP contribution is -2.52. The first-order valence-electron chi connectivity index (χ1n) is 7.84. The van der Waals surface area contributed by atoms with Crippen molar-refractivity contribution in [3.8, 4) is 0 Å². The summed E-state index contributed by atoms with van der Waals surface area (Å²) >= 11 is 11.9. The number of aliphatic carboxylic acids is 1. The van der Waals surface area contributed by atoms with Crippen LogP contribution in [0.2, 0.25) is 10.0 Å². The molecular weight excluding hydrogens is 367 g/mol. The number of nitrogens with one attached hydrogen (secondary N) is 2. The van der Waals surface area contributed by atoms with Crippen LogP contribution in [-0.2, 0) is 20.8 Å². The van der Waals surface area contributed by atoms with Crippen LogP contribution in [0.15, 0.2) is 18.2 Å². The first-order valence-corrected chi connectivity index (χ1v) is 8.60. The molecule has 0 aliphatic rings. The van der Waals surface area contributed by atoms with Gasteiger partial charge in [0, 0.05) is 23.4 Å². The SMILES string of the molecule is CC(=O)N[C@@H](CC(C)C)C(=O)N[C@H](Cc1ccc(Cl)cc1Cl)C(=O)O. The molecule has 8 heteroatoms. The summed E-state index contributed by atoms with van der Waals surface area (Å²) in [6.45, 7) is 5.12. The Kier molecular flexibility index (Phi) is 8.19. The summed E-state index contributed by atoms with van der Waals surface area (Å²) in [5.74, 6) is -1.93. The lowest BCUT2D eigenvalue weighted by atomic mass is 10.0. The number of carboxylic acids is 1. The van der Waals surface area contributed by atoms with Gasteiger partial charge in [-0.1, -0.05) is 43.1 Å². The lowest BCUT2D eigenvalue weighted by Gasteiger charge is -2.22. The Labute approximate surface area is 156 Å². The van der Waals surface area contributed by atoms with Crippen molar-refractivity contribution >= 4 is 41.0 Å². The van der Waals surface area contributed by atoms with Crippen LogP contribution in [0.5, 0.6) is 0 Å². The van der Waals surface area contributed by atoms with E-state index in [1.165, 1.54) is 13.0 Å². The minimum absolute atomic E-state index is 0.00550. The maximum Gasteiger partial charge on any atom is 0.326 e. The molecule has 0 aliphatic heterocycles. The first-order chi connectivity index (χ1) is 11.6. The number of carbonyl (C=O) groups is 3. The van der Waals surface area contributed by atoms with Gasteiger partial charge >= 0.3 is 5.97 Å². The van der Waals surface area contributed by atoms with E-state index in [0.29, 0.717) is 22.0 Å². The standard InChI is InChI=1S/C17H22Cl2N2O4/c1-9(2)6-14(20-10(3)22)16(23)21-15(17(24)25)7-11-4-5-12(18)8-13(11)19/h4-5,8-9,14-15H,6-7H2,1-3H3,(H,20,22)(H,21,23)(H,24,25)/t14-,15+/m0/s1. The quantitative estimate of drug-likeness (QED) is 0.637. The molecule has 0 saturated carbocycles. The zero-order chi connectivity index (χ0) is 19.1. The van der Waals surface area contributed by atoms with Crippen LogP contribution < -0.4 is 10.6 Å². The number of rotatable bonds is 8. The molecular formula is C17H22Cl2N2O4. The van der Waals surface area contributed by atoms with Crippen molar-refractivity contribution in [3.05, 3.63) is 33.8 Å². The van der Waals surface area contributed by atoms with Gasteiger partial charge in [0.25, 0.3) is 0 Å². The van der Waals surface area contributed by atoms with Gasteiger partial charge in [0.1, 0.15) is 12.1 Å². The Morgan fingerprint density at radius 2 is 1.76 bits per heavy atom. The number of hydrogen-bond donors (Lipinski definition) is 3. The number of carboxylic acid groups (broad SMARTS) is 1. The monoisotopic (exact) mass is 388 g/mol. The maximum absolute atomic E-state index is 12.4. The minimum atomic E-state index is -1.19. The van der Waals surface area contributed by atoms with Gasteiger partial charge < -0.3 is 15.7 Å². The molecule has 0 heterocycles. The van der Waals surface area contributed by atoms with E-state index < -0.39 is 24.0 Å². The van der Waals surface area contributed by atoms with E-state index in [0.717, 1.165) is 0 Å². The molecule has 6 nitrogen and oxygen atoms in total. The molecule has 0 bridgehead atoms. The normalized spacial score (nSPS) is 13.2. The van der Waals surface area contributed by atoms with Gasteiger partial charge in [0.2, 0.25) is 11.8 Å². The van der Waals surface area contributed by atoms with Crippen LogP contribution in [0, 0.1) is 5.92 Å². The van der Waals surface area contributed by atoms with Crippen molar-refractivity contribution in [2.75, 3.05) is 0 Å². The summed E-state index contributed by atoms with van der Waals surface area (Å²) in [5.41, 5.74) is 0.554. The molecule has 1 rings (SSSR count).